The summed E-state index contributed by atoms with van der Waals surface area (Å²) in [5, 5.41) is 3.24. The molecule has 1 nitrogen and oxygen atoms in total. The van der Waals surface area contributed by atoms with E-state index < -0.39 is 0 Å². The smallest absolute Gasteiger partial charge is 0.0208 e. The van der Waals surface area contributed by atoms with Crippen molar-refractivity contribution in [1.82, 2.24) is 5.32 Å². The average Bonchev–Trinajstić information content (AvgIpc) is 2.39. The Hall–Kier alpha value is -1.60. The highest BCUT2D eigenvalue weighted by Gasteiger charge is 2.19. The van der Waals surface area contributed by atoms with Gasteiger partial charge in [0.15, 0.2) is 0 Å². The second kappa shape index (κ2) is 5.58. The zero-order valence-corrected chi connectivity index (χ0v) is 11.5. The van der Waals surface area contributed by atoms with Crippen LogP contribution in [0.5, 0.6) is 0 Å². The normalized spacial score (nSPS) is 15.2. The van der Waals surface area contributed by atoms with Crippen molar-refractivity contribution in [3.8, 4) is 11.1 Å². The number of nitrogens with one attached hydrogen (secondary N) is 1. The summed E-state index contributed by atoms with van der Waals surface area (Å²) in [7, 11) is 2.00. The molecule has 0 atom stereocenters. The van der Waals surface area contributed by atoms with Crippen molar-refractivity contribution in [2.45, 2.75) is 31.7 Å². The van der Waals surface area contributed by atoms with E-state index >= 15 is 0 Å². The lowest BCUT2D eigenvalue weighted by Gasteiger charge is -2.25. The van der Waals surface area contributed by atoms with Gasteiger partial charge in [0, 0.05) is 6.54 Å². The highest BCUT2D eigenvalue weighted by molar-refractivity contribution is 5.67. The number of rotatable bonds is 4. The maximum absolute atomic E-state index is 3.24. The fourth-order valence-corrected chi connectivity index (χ4v) is 2.82. The maximum atomic E-state index is 3.24. The third kappa shape index (κ3) is 2.57. The van der Waals surface area contributed by atoms with Gasteiger partial charge in [0.05, 0.1) is 0 Å². The first-order chi connectivity index (χ1) is 9.38. The molecule has 19 heavy (non-hydrogen) atoms. The lowest BCUT2D eigenvalue weighted by atomic mass is 9.80. The van der Waals surface area contributed by atoms with Crippen molar-refractivity contribution in [2.24, 2.45) is 0 Å². The van der Waals surface area contributed by atoms with E-state index in [2.05, 4.69) is 53.8 Å². The van der Waals surface area contributed by atoms with E-state index in [1.807, 2.05) is 7.05 Å². The maximum Gasteiger partial charge on any atom is 0.0208 e. The Labute approximate surface area is 115 Å². The monoisotopic (exact) mass is 251 g/mol. The molecule has 2 aromatic rings. The van der Waals surface area contributed by atoms with E-state index in [0.29, 0.717) is 0 Å². The van der Waals surface area contributed by atoms with Crippen molar-refractivity contribution in [3.63, 3.8) is 0 Å². The molecule has 0 radical (unpaired) electrons. The van der Waals surface area contributed by atoms with Gasteiger partial charge in [-0.25, -0.2) is 0 Å². The molecule has 2 aromatic carbocycles. The molecule has 0 saturated heterocycles. The SMILES string of the molecule is CNCc1ccccc1-c1ccc(C2CCC2)cc1. The van der Waals surface area contributed by atoms with Gasteiger partial charge in [-0.1, -0.05) is 55.0 Å². The summed E-state index contributed by atoms with van der Waals surface area (Å²) in [6.07, 6.45) is 4.14. The molecule has 0 aliphatic heterocycles. The molecule has 1 N–H and O–H groups in total. The molecule has 0 spiro atoms. The molecule has 1 fully saturated rings. The summed E-state index contributed by atoms with van der Waals surface area (Å²) in [4.78, 5) is 0. The quantitative estimate of drug-likeness (QED) is 0.852. The topological polar surface area (TPSA) is 12.0 Å². The Morgan fingerprint density at radius 2 is 1.74 bits per heavy atom. The average molecular weight is 251 g/mol. The van der Waals surface area contributed by atoms with Crippen LogP contribution < -0.4 is 5.32 Å². The zero-order valence-electron chi connectivity index (χ0n) is 11.5. The summed E-state index contributed by atoms with van der Waals surface area (Å²) < 4.78 is 0. The third-order valence-corrected chi connectivity index (χ3v) is 4.18. The van der Waals surface area contributed by atoms with Gasteiger partial charge >= 0.3 is 0 Å². The second-order valence-electron chi connectivity index (χ2n) is 5.44. The van der Waals surface area contributed by atoms with Crippen LogP contribution in [0.15, 0.2) is 48.5 Å². The third-order valence-electron chi connectivity index (χ3n) is 4.18. The highest BCUT2D eigenvalue weighted by atomic mass is 14.8. The molecule has 1 saturated carbocycles. The minimum Gasteiger partial charge on any atom is -0.316 e. The number of hydrogen-bond acceptors (Lipinski definition) is 1. The zero-order chi connectivity index (χ0) is 13.1. The first kappa shape index (κ1) is 12.4. The van der Waals surface area contributed by atoms with E-state index in [9.17, 15) is 0 Å². The van der Waals surface area contributed by atoms with Gasteiger partial charge in [-0.15, -0.1) is 0 Å². The van der Waals surface area contributed by atoms with Gasteiger partial charge in [-0.3, -0.25) is 0 Å². The van der Waals surface area contributed by atoms with Gasteiger partial charge in [0.25, 0.3) is 0 Å². The van der Waals surface area contributed by atoms with Crippen LogP contribution in [0.1, 0.15) is 36.3 Å². The molecule has 0 aromatic heterocycles. The molecular weight excluding hydrogens is 230 g/mol. The van der Waals surface area contributed by atoms with Crippen LogP contribution >= 0.6 is 0 Å². The summed E-state index contributed by atoms with van der Waals surface area (Å²) in [6, 6.07) is 17.8. The highest BCUT2D eigenvalue weighted by Crippen LogP contribution is 2.37. The molecule has 3 rings (SSSR count). The van der Waals surface area contributed by atoms with Crippen LogP contribution in [-0.4, -0.2) is 7.05 Å². The summed E-state index contributed by atoms with van der Waals surface area (Å²) in [5.41, 5.74) is 5.55. The fourth-order valence-electron chi connectivity index (χ4n) is 2.82. The van der Waals surface area contributed by atoms with Crippen molar-refractivity contribution in [2.75, 3.05) is 7.05 Å². The summed E-state index contributed by atoms with van der Waals surface area (Å²) >= 11 is 0. The van der Waals surface area contributed by atoms with Gasteiger partial charge in [0.2, 0.25) is 0 Å². The van der Waals surface area contributed by atoms with Crippen LogP contribution in [0.3, 0.4) is 0 Å². The molecule has 98 valence electrons. The largest absolute Gasteiger partial charge is 0.316 e. The Kier molecular flexibility index (Phi) is 3.65. The van der Waals surface area contributed by atoms with E-state index in [1.165, 1.54) is 41.5 Å². The van der Waals surface area contributed by atoms with E-state index in [1.54, 1.807) is 0 Å². The predicted molar refractivity (Wildman–Crippen MR) is 81.2 cm³/mol. The lowest BCUT2D eigenvalue weighted by molar-refractivity contribution is 0.420. The molecular formula is C18H21N. The van der Waals surface area contributed by atoms with Crippen molar-refractivity contribution in [1.29, 1.82) is 0 Å². The van der Waals surface area contributed by atoms with Gasteiger partial charge in [-0.05, 0) is 48.1 Å². The van der Waals surface area contributed by atoms with Crippen LogP contribution in [0.25, 0.3) is 11.1 Å². The lowest BCUT2D eigenvalue weighted by Crippen LogP contribution is -2.08. The van der Waals surface area contributed by atoms with Crippen molar-refractivity contribution >= 4 is 0 Å². The first-order valence-corrected chi connectivity index (χ1v) is 7.21. The van der Waals surface area contributed by atoms with Gasteiger partial charge in [-0.2, -0.15) is 0 Å². The van der Waals surface area contributed by atoms with Crippen molar-refractivity contribution < 1.29 is 0 Å². The van der Waals surface area contributed by atoms with E-state index in [0.717, 1.165) is 12.5 Å². The molecule has 1 aliphatic carbocycles. The molecule has 1 aliphatic rings. The molecule has 0 bridgehead atoms. The Bertz CT molecular complexity index is 538. The molecule has 0 amide bonds. The number of hydrogen-bond donors (Lipinski definition) is 1. The van der Waals surface area contributed by atoms with Crippen molar-refractivity contribution in [3.05, 3.63) is 59.7 Å². The minimum absolute atomic E-state index is 0.821. The Morgan fingerprint density at radius 1 is 1.00 bits per heavy atom. The summed E-state index contributed by atoms with van der Waals surface area (Å²) in [6.45, 7) is 0.917. The van der Waals surface area contributed by atoms with Gasteiger partial charge < -0.3 is 5.32 Å². The van der Waals surface area contributed by atoms with E-state index in [-0.39, 0.29) is 0 Å². The van der Waals surface area contributed by atoms with Crippen LogP contribution in [0.2, 0.25) is 0 Å². The minimum atomic E-state index is 0.821. The fraction of sp³-hybridized carbons (Fsp3) is 0.333. The molecule has 0 heterocycles. The predicted octanol–water partition coefficient (Wildman–Crippen LogP) is 4.34. The van der Waals surface area contributed by atoms with Crippen LogP contribution in [-0.2, 0) is 6.54 Å². The number of benzene rings is 2. The standard InChI is InChI=1S/C18H21N/c1-19-13-17-5-2-3-8-18(17)16-11-9-15(10-12-16)14-6-4-7-14/h2-3,5,8-12,14,19H,4,6-7,13H2,1H3. The first-order valence-electron chi connectivity index (χ1n) is 7.21. The Morgan fingerprint density at radius 3 is 2.37 bits per heavy atom. The van der Waals surface area contributed by atoms with Crippen LogP contribution in [0.4, 0.5) is 0 Å². The van der Waals surface area contributed by atoms with E-state index in [4.69, 9.17) is 0 Å². The molecule has 1 heteroatoms. The Balaban J connectivity index is 1.89. The van der Waals surface area contributed by atoms with Crippen LogP contribution in [0, 0.1) is 0 Å². The second-order valence-corrected chi connectivity index (χ2v) is 5.44. The summed E-state index contributed by atoms with van der Waals surface area (Å²) in [5.74, 6) is 0.821. The molecule has 0 unspecified atom stereocenters. The van der Waals surface area contributed by atoms with Gasteiger partial charge in [0.1, 0.15) is 0 Å².